The highest BCUT2D eigenvalue weighted by Crippen LogP contribution is 2.13. The van der Waals surface area contributed by atoms with Crippen molar-refractivity contribution in [2.45, 2.75) is 50.8 Å². The van der Waals surface area contributed by atoms with E-state index in [4.69, 9.17) is 0 Å². The lowest BCUT2D eigenvalue weighted by Crippen LogP contribution is -2.47. The Morgan fingerprint density at radius 1 is 0.509 bits per heavy atom. The summed E-state index contributed by atoms with van der Waals surface area (Å²) in [5.41, 5.74) is 0. The molecule has 0 amide bonds. The average Bonchev–Trinajstić information content (AvgIpc) is 3.92. The number of rotatable bonds is 15. The van der Waals surface area contributed by atoms with E-state index in [1.165, 1.54) is 50.9 Å². The second-order valence-electron chi connectivity index (χ2n) is 14.8. The predicted molar refractivity (Wildman–Crippen MR) is 206 cm³/mol. The number of β-amino-alcohol motifs (C(OH)–C–C–N with tert-alkyl or cyclic N) is 3. The van der Waals surface area contributed by atoms with Gasteiger partial charge in [-0.2, -0.15) is 0 Å². The molecule has 318 valence electrons. The van der Waals surface area contributed by atoms with Gasteiger partial charge in [-0.1, -0.05) is 15.0 Å². The molecular formula is C33H57N15O9. The largest absolute Gasteiger partial charge is 0.434 e. The number of hydrogen-bond acceptors (Lipinski definition) is 18. The van der Waals surface area contributed by atoms with Crippen LogP contribution in [0.4, 0.5) is 17.8 Å². The molecule has 3 aliphatic rings. The molecule has 3 saturated heterocycles. The molecular weight excluding hydrogens is 750 g/mol. The van der Waals surface area contributed by atoms with Gasteiger partial charge in [-0.05, 0) is 48.8 Å². The maximum absolute atomic E-state index is 10.7. The predicted octanol–water partition coefficient (Wildman–Crippen LogP) is -1.11. The molecule has 3 unspecified atom stereocenters. The number of likely N-dealkylation sites (N-methyl/N-ethyl adjacent to an activating group) is 1. The van der Waals surface area contributed by atoms with Gasteiger partial charge in [0.1, 0.15) is 37.2 Å². The second-order valence-corrected chi connectivity index (χ2v) is 14.8. The van der Waals surface area contributed by atoms with E-state index in [1.807, 2.05) is 14.1 Å². The molecule has 0 spiro atoms. The smallest absolute Gasteiger partial charge is 0.390 e. The lowest BCUT2D eigenvalue weighted by molar-refractivity contribution is -0.397. The average molecular weight is 808 g/mol. The molecule has 0 radical (unpaired) electrons. The second kappa shape index (κ2) is 22.4. The highest BCUT2D eigenvalue weighted by atomic mass is 16.6. The molecule has 6 rings (SSSR count). The minimum Gasteiger partial charge on any atom is -0.390 e. The fraction of sp³-hybridized carbons (Fsp3) is 0.727. The van der Waals surface area contributed by atoms with Gasteiger partial charge < -0.3 is 50.6 Å². The first kappa shape index (κ1) is 45.2. The third-order valence-corrected chi connectivity index (χ3v) is 9.71. The fourth-order valence-corrected chi connectivity index (χ4v) is 7.02. The SMILES string of the molecule is CN1CCCN(CC(O)Cn2ccnc2[N+](=O)[O-])C1.CN1CCCN(CC(O)Cn2ccnc2[N+](=O)[O-])C1.CN1CCN(CC(O)Cn2ccnc2[N+](=O)[O-])CC1. The molecule has 0 saturated carbocycles. The van der Waals surface area contributed by atoms with E-state index >= 15 is 0 Å². The third kappa shape index (κ3) is 15.1. The van der Waals surface area contributed by atoms with Crippen LogP contribution < -0.4 is 0 Å². The molecule has 57 heavy (non-hydrogen) atoms. The van der Waals surface area contributed by atoms with Crippen molar-refractivity contribution in [3.63, 3.8) is 0 Å². The van der Waals surface area contributed by atoms with Crippen LogP contribution in [0.25, 0.3) is 0 Å². The van der Waals surface area contributed by atoms with Crippen LogP contribution in [0.2, 0.25) is 0 Å². The summed E-state index contributed by atoms with van der Waals surface area (Å²) in [5, 5.41) is 62.2. The standard InChI is InChI=1S/3C11H19N5O3/c2*1-13-4-2-5-14(9-13)7-10(17)8-15-6-3-12-11(15)16(18)19;1-13-4-6-14(7-5-13)8-10(17)9-15-3-2-12-11(15)16(18)19/h2*3,6,10,17H,2,4-5,7-9H2,1H3;2-3,10,17H,4-9H2,1H3. The number of imidazole rings is 3. The Labute approximate surface area is 330 Å². The van der Waals surface area contributed by atoms with Gasteiger partial charge in [-0.15, -0.1) is 0 Å². The van der Waals surface area contributed by atoms with Crippen molar-refractivity contribution in [3.8, 4) is 0 Å². The number of nitrogens with zero attached hydrogens (tertiary/aromatic N) is 15. The Kier molecular flexibility index (Phi) is 17.8. The summed E-state index contributed by atoms with van der Waals surface area (Å²) in [6.07, 6.45) is 8.93. The number of aliphatic hydroxyl groups excluding tert-OH is 3. The Morgan fingerprint density at radius 2 is 0.842 bits per heavy atom. The summed E-state index contributed by atoms with van der Waals surface area (Å²) in [7, 11) is 6.15. The highest BCUT2D eigenvalue weighted by Gasteiger charge is 2.24. The molecule has 0 aromatic carbocycles. The first-order chi connectivity index (χ1) is 27.2. The summed E-state index contributed by atoms with van der Waals surface area (Å²) < 4.78 is 4.12. The molecule has 3 aliphatic heterocycles. The van der Waals surface area contributed by atoms with Crippen LogP contribution in [0.15, 0.2) is 37.2 Å². The van der Waals surface area contributed by atoms with Gasteiger partial charge in [0.25, 0.3) is 0 Å². The summed E-state index contributed by atoms with van der Waals surface area (Å²) >= 11 is 0. The summed E-state index contributed by atoms with van der Waals surface area (Å²) in [5.74, 6) is -0.679. The lowest BCUT2D eigenvalue weighted by atomic mass is 10.2. The fourth-order valence-electron chi connectivity index (χ4n) is 7.02. The normalized spacial score (nSPS) is 19.5. The van der Waals surface area contributed by atoms with Crippen molar-refractivity contribution in [2.75, 3.05) is 106 Å². The van der Waals surface area contributed by atoms with Crippen molar-refractivity contribution >= 4 is 17.8 Å². The van der Waals surface area contributed by atoms with Gasteiger partial charge in [0.2, 0.25) is 0 Å². The van der Waals surface area contributed by atoms with E-state index < -0.39 is 33.1 Å². The van der Waals surface area contributed by atoms with Crippen LogP contribution in [0, 0.1) is 30.3 Å². The van der Waals surface area contributed by atoms with E-state index in [-0.39, 0.29) is 37.5 Å². The Morgan fingerprint density at radius 3 is 1.16 bits per heavy atom. The topological polar surface area (TPSA) is 263 Å². The lowest BCUT2D eigenvalue weighted by Gasteiger charge is -2.34. The number of aromatic nitrogens is 6. The van der Waals surface area contributed by atoms with Gasteiger partial charge in [-0.3, -0.25) is 24.5 Å². The Bertz CT molecular complexity index is 1600. The number of piperazine rings is 1. The van der Waals surface area contributed by atoms with E-state index in [9.17, 15) is 45.7 Å². The highest BCUT2D eigenvalue weighted by molar-refractivity contribution is 5.08. The van der Waals surface area contributed by atoms with Crippen LogP contribution >= 0.6 is 0 Å². The molecule has 3 fully saturated rings. The molecule has 24 heteroatoms. The molecule has 3 aromatic heterocycles. The quantitative estimate of drug-likeness (QED) is 0.121. The van der Waals surface area contributed by atoms with Gasteiger partial charge in [0, 0.05) is 72.0 Å². The number of hydrogen-bond donors (Lipinski definition) is 3. The van der Waals surface area contributed by atoms with E-state index in [0.717, 1.165) is 78.5 Å². The molecule has 6 heterocycles. The van der Waals surface area contributed by atoms with Gasteiger partial charge >= 0.3 is 17.8 Å². The zero-order chi connectivity index (χ0) is 41.5. The maximum atomic E-state index is 10.7. The number of aliphatic hydroxyl groups is 3. The summed E-state index contributed by atoms with van der Waals surface area (Å²) in [4.78, 5) is 54.6. The zero-order valence-corrected chi connectivity index (χ0v) is 32.9. The third-order valence-electron chi connectivity index (χ3n) is 9.71. The maximum Gasteiger partial charge on any atom is 0.434 e. The van der Waals surface area contributed by atoms with Gasteiger partial charge in [0.05, 0.1) is 51.3 Å². The first-order valence-corrected chi connectivity index (χ1v) is 18.9. The molecule has 3 N–H and O–H groups in total. The van der Waals surface area contributed by atoms with Gasteiger partial charge in [0.15, 0.2) is 0 Å². The van der Waals surface area contributed by atoms with Crippen molar-refractivity contribution in [1.29, 1.82) is 0 Å². The van der Waals surface area contributed by atoms with Crippen molar-refractivity contribution in [2.24, 2.45) is 0 Å². The first-order valence-electron chi connectivity index (χ1n) is 18.9. The van der Waals surface area contributed by atoms with Crippen molar-refractivity contribution in [3.05, 3.63) is 67.5 Å². The van der Waals surface area contributed by atoms with Crippen LogP contribution in [0.5, 0.6) is 0 Å². The zero-order valence-electron chi connectivity index (χ0n) is 32.9. The monoisotopic (exact) mass is 807 g/mol. The van der Waals surface area contributed by atoms with E-state index in [0.29, 0.717) is 19.6 Å². The number of nitro groups is 3. The van der Waals surface area contributed by atoms with Crippen LogP contribution in [0.3, 0.4) is 0 Å². The van der Waals surface area contributed by atoms with Crippen LogP contribution in [-0.2, 0) is 19.6 Å². The minimum absolute atomic E-state index is 0.191. The molecule has 3 atom stereocenters. The minimum atomic E-state index is -0.639. The van der Waals surface area contributed by atoms with Crippen LogP contribution in [-0.4, -0.2) is 213 Å². The summed E-state index contributed by atoms with van der Waals surface area (Å²) in [6, 6.07) is 0. The molecule has 0 bridgehead atoms. The van der Waals surface area contributed by atoms with Crippen LogP contribution in [0.1, 0.15) is 12.8 Å². The Hall–Kier alpha value is -4.53. The molecule has 0 aliphatic carbocycles. The van der Waals surface area contributed by atoms with Crippen molar-refractivity contribution in [1.82, 2.24) is 58.1 Å². The Balaban J connectivity index is 0.000000189. The van der Waals surface area contributed by atoms with E-state index in [1.54, 1.807) is 0 Å². The molecule has 3 aromatic rings. The molecule has 24 nitrogen and oxygen atoms in total. The van der Waals surface area contributed by atoms with E-state index in [2.05, 4.69) is 51.4 Å². The summed E-state index contributed by atoms with van der Waals surface area (Å²) in [6.45, 7) is 11.6. The van der Waals surface area contributed by atoms with Gasteiger partial charge in [-0.25, -0.2) is 13.7 Å². The van der Waals surface area contributed by atoms with Crippen molar-refractivity contribution < 1.29 is 30.1 Å².